The first kappa shape index (κ1) is 28.6. The summed E-state index contributed by atoms with van der Waals surface area (Å²) in [6, 6.07) is 11.6. The van der Waals surface area contributed by atoms with Gasteiger partial charge in [0, 0.05) is 45.0 Å². The Kier molecular flexibility index (Phi) is 7.56. The number of nitriles is 1. The SMILES string of the molecule is N#Cc1cnc(N2CCN(C(=O)c3cc(OCC4c5ccccc5CN4c4cn[nH]c(=O)c4C(F)(F)F)ccn3)CC2)nc1. The third kappa shape index (κ3) is 5.61. The fraction of sp³-hybridized carbons (Fsp3) is 0.276. The number of aromatic nitrogens is 5. The van der Waals surface area contributed by atoms with Crippen molar-refractivity contribution >= 4 is 17.5 Å². The number of fused-ring (bicyclic) bond motifs is 1. The largest absolute Gasteiger partial charge is 0.491 e. The Bertz CT molecular complexity index is 1780. The van der Waals surface area contributed by atoms with Crippen molar-refractivity contribution in [2.24, 2.45) is 0 Å². The number of carbonyl (C=O) groups is 1. The Morgan fingerprint density at radius 1 is 1.07 bits per heavy atom. The average Bonchev–Trinajstić information content (AvgIpc) is 3.41. The van der Waals surface area contributed by atoms with Crippen molar-refractivity contribution in [1.82, 2.24) is 30.0 Å². The highest BCUT2D eigenvalue weighted by molar-refractivity contribution is 5.92. The zero-order chi connectivity index (χ0) is 30.8. The summed E-state index contributed by atoms with van der Waals surface area (Å²) in [5, 5.41) is 14.4. The van der Waals surface area contributed by atoms with Gasteiger partial charge in [0.05, 0.1) is 35.9 Å². The minimum Gasteiger partial charge on any atom is -0.491 e. The predicted molar refractivity (Wildman–Crippen MR) is 150 cm³/mol. The normalized spacial score (nSPS) is 16.4. The second-order valence-corrected chi connectivity index (χ2v) is 10.2. The maximum absolute atomic E-state index is 13.9. The quantitative estimate of drug-likeness (QED) is 0.349. The van der Waals surface area contributed by atoms with Crippen LogP contribution in [0.25, 0.3) is 0 Å². The molecular formula is C29H24F3N9O3. The number of halogens is 3. The van der Waals surface area contributed by atoms with Crippen molar-refractivity contribution in [3.63, 3.8) is 0 Å². The van der Waals surface area contributed by atoms with Gasteiger partial charge in [-0.3, -0.25) is 14.6 Å². The molecule has 0 radical (unpaired) electrons. The third-order valence-electron chi connectivity index (χ3n) is 7.54. The lowest BCUT2D eigenvalue weighted by Crippen LogP contribution is -2.49. The fourth-order valence-electron chi connectivity index (χ4n) is 5.39. The molecule has 1 N–H and O–H groups in total. The summed E-state index contributed by atoms with van der Waals surface area (Å²) < 4.78 is 47.8. The second-order valence-electron chi connectivity index (χ2n) is 10.2. The molecule has 1 unspecified atom stereocenters. The number of hydrogen-bond donors (Lipinski definition) is 1. The summed E-state index contributed by atoms with van der Waals surface area (Å²) >= 11 is 0. The topological polar surface area (TPSA) is 144 Å². The number of hydrogen-bond acceptors (Lipinski definition) is 10. The number of aromatic amines is 1. The molecule has 1 saturated heterocycles. The molecule has 224 valence electrons. The Morgan fingerprint density at radius 3 is 2.55 bits per heavy atom. The molecule has 15 heteroatoms. The number of H-pyrrole nitrogens is 1. The zero-order valence-corrected chi connectivity index (χ0v) is 23.0. The molecule has 1 atom stereocenters. The van der Waals surface area contributed by atoms with Crippen LogP contribution in [-0.4, -0.2) is 68.7 Å². The summed E-state index contributed by atoms with van der Waals surface area (Å²) in [5.41, 5.74) is -0.921. The van der Waals surface area contributed by atoms with E-state index < -0.39 is 23.3 Å². The van der Waals surface area contributed by atoms with Crippen molar-refractivity contribution in [2.75, 3.05) is 42.6 Å². The molecule has 2 aliphatic heterocycles. The number of anilines is 2. The number of carbonyl (C=O) groups excluding carboxylic acids is 1. The van der Waals surface area contributed by atoms with Gasteiger partial charge >= 0.3 is 6.18 Å². The Balaban J connectivity index is 1.16. The van der Waals surface area contributed by atoms with E-state index in [1.165, 1.54) is 29.6 Å². The van der Waals surface area contributed by atoms with Gasteiger partial charge in [-0.25, -0.2) is 15.1 Å². The van der Waals surface area contributed by atoms with Crippen molar-refractivity contribution < 1.29 is 22.7 Å². The lowest BCUT2D eigenvalue weighted by Gasteiger charge is -2.34. The molecule has 1 amide bonds. The van der Waals surface area contributed by atoms with E-state index in [9.17, 15) is 22.8 Å². The van der Waals surface area contributed by atoms with Crippen LogP contribution in [0.1, 0.15) is 38.8 Å². The van der Waals surface area contributed by atoms with Crippen LogP contribution in [0, 0.1) is 11.3 Å². The maximum Gasteiger partial charge on any atom is 0.423 e. The predicted octanol–water partition coefficient (Wildman–Crippen LogP) is 2.95. The molecule has 2 aliphatic rings. The van der Waals surface area contributed by atoms with Gasteiger partial charge in [-0.2, -0.15) is 23.5 Å². The molecule has 0 aliphatic carbocycles. The molecule has 0 saturated carbocycles. The number of ether oxygens (including phenoxy) is 1. The van der Waals surface area contributed by atoms with Gasteiger partial charge in [-0.05, 0) is 17.2 Å². The number of alkyl halides is 3. The van der Waals surface area contributed by atoms with Crippen LogP contribution >= 0.6 is 0 Å². The van der Waals surface area contributed by atoms with E-state index in [1.807, 2.05) is 22.1 Å². The van der Waals surface area contributed by atoms with E-state index in [1.54, 1.807) is 29.2 Å². The third-order valence-corrected chi connectivity index (χ3v) is 7.54. The zero-order valence-electron chi connectivity index (χ0n) is 23.0. The average molecular weight is 604 g/mol. The molecule has 0 spiro atoms. The molecule has 12 nitrogen and oxygen atoms in total. The van der Waals surface area contributed by atoms with Crippen LogP contribution in [0.15, 0.2) is 66.0 Å². The van der Waals surface area contributed by atoms with E-state index >= 15 is 0 Å². The van der Waals surface area contributed by atoms with Gasteiger partial charge in [0.25, 0.3) is 11.5 Å². The molecule has 5 heterocycles. The monoisotopic (exact) mass is 603 g/mol. The van der Waals surface area contributed by atoms with Crippen molar-refractivity contribution in [1.29, 1.82) is 5.26 Å². The highest BCUT2D eigenvalue weighted by Crippen LogP contribution is 2.42. The van der Waals surface area contributed by atoms with E-state index in [0.717, 1.165) is 17.3 Å². The Hall–Kier alpha value is -5.52. The summed E-state index contributed by atoms with van der Waals surface area (Å²) in [6.45, 7) is 1.83. The van der Waals surface area contributed by atoms with Gasteiger partial charge in [0.2, 0.25) is 5.95 Å². The number of piperazine rings is 1. The van der Waals surface area contributed by atoms with E-state index in [0.29, 0.717) is 43.4 Å². The fourth-order valence-corrected chi connectivity index (χ4v) is 5.39. The summed E-state index contributed by atoms with van der Waals surface area (Å²) in [7, 11) is 0. The number of nitrogens with one attached hydrogen (secondary N) is 1. The smallest absolute Gasteiger partial charge is 0.423 e. The standard InChI is InChI=1S/C29H24F3N9O3/c30-29(31,32)25-23(15-37-38-26(25)42)41-16-19-3-1-2-4-21(19)24(41)17-44-20-5-6-34-22(11-20)27(43)39-7-9-40(10-8-39)28-35-13-18(12-33)14-36-28/h1-6,11,13-15,24H,7-10,16-17H2,(H,38,42). The number of amides is 1. The van der Waals surface area contributed by atoms with Crippen molar-refractivity contribution in [3.05, 3.63) is 99.5 Å². The van der Waals surface area contributed by atoms with Gasteiger partial charge in [-0.1, -0.05) is 24.3 Å². The second kappa shape index (κ2) is 11.6. The van der Waals surface area contributed by atoms with Crippen molar-refractivity contribution in [2.45, 2.75) is 18.8 Å². The first-order valence-corrected chi connectivity index (χ1v) is 13.6. The van der Waals surface area contributed by atoms with Crippen LogP contribution in [0.3, 0.4) is 0 Å². The van der Waals surface area contributed by atoms with Gasteiger partial charge in [0.15, 0.2) is 0 Å². The number of pyridine rings is 1. The van der Waals surface area contributed by atoms with Gasteiger partial charge in [0.1, 0.15) is 29.7 Å². The molecule has 4 aromatic rings. The van der Waals surface area contributed by atoms with Crippen LogP contribution < -0.4 is 20.1 Å². The Labute approximate surface area is 248 Å². The number of nitrogens with zero attached hydrogens (tertiary/aromatic N) is 8. The minimum absolute atomic E-state index is 0.0674. The summed E-state index contributed by atoms with van der Waals surface area (Å²) in [4.78, 5) is 43.1. The summed E-state index contributed by atoms with van der Waals surface area (Å²) in [6.07, 6.45) is 0.438. The van der Waals surface area contributed by atoms with Crippen LogP contribution in [0.2, 0.25) is 0 Å². The molecule has 1 fully saturated rings. The van der Waals surface area contributed by atoms with Gasteiger partial charge in [-0.15, -0.1) is 0 Å². The molecule has 44 heavy (non-hydrogen) atoms. The lowest BCUT2D eigenvalue weighted by molar-refractivity contribution is -0.138. The van der Waals surface area contributed by atoms with E-state index in [4.69, 9.17) is 10.00 Å². The minimum atomic E-state index is -4.90. The first-order valence-electron chi connectivity index (χ1n) is 13.6. The van der Waals surface area contributed by atoms with Gasteiger partial charge < -0.3 is 19.4 Å². The molecule has 3 aromatic heterocycles. The molecule has 1 aromatic carbocycles. The van der Waals surface area contributed by atoms with Crippen LogP contribution in [0.4, 0.5) is 24.8 Å². The van der Waals surface area contributed by atoms with Crippen LogP contribution in [-0.2, 0) is 12.7 Å². The number of benzene rings is 1. The van der Waals surface area contributed by atoms with Crippen LogP contribution in [0.5, 0.6) is 5.75 Å². The van der Waals surface area contributed by atoms with E-state index in [-0.39, 0.29) is 30.4 Å². The molecule has 0 bridgehead atoms. The lowest BCUT2D eigenvalue weighted by atomic mass is 10.1. The molecule has 6 rings (SSSR count). The summed E-state index contributed by atoms with van der Waals surface area (Å²) in [5.74, 6) is 0.496. The highest BCUT2D eigenvalue weighted by Gasteiger charge is 2.42. The van der Waals surface area contributed by atoms with Crippen molar-refractivity contribution in [3.8, 4) is 11.8 Å². The highest BCUT2D eigenvalue weighted by atomic mass is 19.4. The molecular weight excluding hydrogens is 579 g/mol. The first-order chi connectivity index (χ1) is 21.2. The number of rotatable bonds is 6. The maximum atomic E-state index is 13.9. The Morgan fingerprint density at radius 2 is 1.82 bits per heavy atom. The van der Waals surface area contributed by atoms with E-state index in [2.05, 4.69) is 20.1 Å².